The number of benzene rings is 2. The maximum absolute atomic E-state index is 13.0. The van der Waals surface area contributed by atoms with Gasteiger partial charge in [0.05, 0.1) is 21.8 Å². The largest absolute Gasteiger partial charge is 0.507 e. The van der Waals surface area contributed by atoms with Crippen LogP contribution in [-0.2, 0) is 0 Å². The minimum atomic E-state index is -0.488. The summed E-state index contributed by atoms with van der Waals surface area (Å²) >= 11 is 15.6. The fourth-order valence-corrected chi connectivity index (χ4v) is 3.17. The van der Waals surface area contributed by atoms with Gasteiger partial charge in [-0.15, -0.1) is 0 Å². The zero-order valence-electron chi connectivity index (χ0n) is 10.4. The summed E-state index contributed by atoms with van der Waals surface area (Å²) in [5.74, 6) is -0.604. The molecule has 0 saturated heterocycles. The van der Waals surface area contributed by atoms with Crippen molar-refractivity contribution in [2.45, 2.75) is 13.0 Å². The number of rotatable bonds is 3. The Morgan fingerprint density at radius 2 is 1.80 bits per heavy atom. The Kier molecular flexibility index (Phi) is 4.78. The predicted octanol–water partition coefficient (Wildman–Crippen LogP) is 5.77. The van der Waals surface area contributed by atoms with Gasteiger partial charge in [-0.25, -0.2) is 4.39 Å². The number of phenols is 1. The van der Waals surface area contributed by atoms with Gasteiger partial charge in [0, 0.05) is 16.1 Å². The molecule has 0 spiro atoms. The molecule has 6 heteroatoms. The molecule has 0 amide bonds. The fraction of sp³-hybridized carbons (Fsp3) is 0.143. The van der Waals surface area contributed by atoms with Gasteiger partial charge in [-0.1, -0.05) is 45.2 Å². The second-order valence-corrected chi connectivity index (χ2v) is 6.04. The van der Waals surface area contributed by atoms with E-state index in [0.717, 1.165) is 10.5 Å². The Hall–Kier alpha value is -0.970. The lowest BCUT2D eigenvalue weighted by Gasteiger charge is -2.19. The molecule has 2 aromatic carbocycles. The number of nitrogens with one attached hydrogen (secondary N) is 1. The molecular formula is C14H11BrCl2FNO. The lowest BCUT2D eigenvalue weighted by molar-refractivity contribution is 0.459. The van der Waals surface area contributed by atoms with Crippen molar-refractivity contribution in [2.75, 3.05) is 5.32 Å². The number of anilines is 1. The monoisotopic (exact) mass is 377 g/mol. The van der Waals surface area contributed by atoms with Crippen LogP contribution in [0.3, 0.4) is 0 Å². The molecule has 2 nitrogen and oxygen atoms in total. The van der Waals surface area contributed by atoms with Crippen molar-refractivity contribution in [2.24, 2.45) is 0 Å². The highest BCUT2D eigenvalue weighted by atomic mass is 79.9. The van der Waals surface area contributed by atoms with Crippen LogP contribution in [0.15, 0.2) is 34.8 Å². The Labute approximate surface area is 134 Å². The molecule has 2 aromatic rings. The lowest BCUT2D eigenvalue weighted by Crippen LogP contribution is -2.08. The summed E-state index contributed by atoms with van der Waals surface area (Å²) in [7, 11) is 0. The summed E-state index contributed by atoms with van der Waals surface area (Å²) in [6, 6.07) is 7.02. The van der Waals surface area contributed by atoms with E-state index in [4.69, 9.17) is 23.2 Å². The van der Waals surface area contributed by atoms with E-state index in [2.05, 4.69) is 21.2 Å². The van der Waals surface area contributed by atoms with Gasteiger partial charge in [-0.2, -0.15) is 0 Å². The Bertz CT molecular complexity index is 628. The zero-order valence-corrected chi connectivity index (χ0v) is 13.5. The van der Waals surface area contributed by atoms with Gasteiger partial charge in [0.1, 0.15) is 11.6 Å². The quantitative estimate of drug-likeness (QED) is 0.710. The van der Waals surface area contributed by atoms with Gasteiger partial charge >= 0.3 is 0 Å². The molecule has 0 saturated carbocycles. The maximum atomic E-state index is 13.0. The highest BCUT2D eigenvalue weighted by Gasteiger charge is 2.15. The molecule has 0 fully saturated rings. The van der Waals surface area contributed by atoms with Crippen LogP contribution < -0.4 is 5.32 Å². The molecule has 2 rings (SSSR count). The first-order valence-electron chi connectivity index (χ1n) is 5.78. The fourth-order valence-electron chi connectivity index (χ4n) is 1.86. The van der Waals surface area contributed by atoms with Crippen LogP contribution in [0.2, 0.25) is 10.0 Å². The predicted molar refractivity (Wildman–Crippen MR) is 84.3 cm³/mol. The summed E-state index contributed by atoms with van der Waals surface area (Å²) in [5.41, 5.74) is 1.12. The molecule has 0 heterocycles. The first-order valence-corrected chi connectivity index (χ1v) is 7.33. The standard InChI is InChI=1S/C14H11BrCl2FNO/c1-7(10-3-2-9(18)6-13(10)20)19-14-11(16)4-8(15)5-12(14)17/h2-7,19-20H,1H3. The average molecular weight is 379 g/mol. The molecule has 0 aliphatic heterocycles. The second-order valence-electron chi connectivity index (χ2n) is 4.31. The third-order valence-corrected chi connectivity index (χ3v) is 3.88. The van der Waals surface area contributed by atoms with Crippen molar-refractivity contribution in [1.29, 1.82) is 0 Å². The molecule has 0 radical (unpaired) electrons. The Morgan fingerprint density at radius 3 is 2.35 bits per heavy atom. The van der Waals surface area contributed by atoms with Crippen LogP contribution in [-0.4, -0.2) is 5.11 Å². The first-order chi connectivity index (χ1) is 9.38. The molecule has 1 unspecified atom stereocenters. The molecule has 2 N–H and O–H groups in total. The highest BCUT2D eigenvalue weighted by Crippen LogP contribution is 2.37. The van der Waals surface area contributed by atoms with E-state index in [0.29, 0.717) is 21.3 Å². The molecular weight excluding hydrogens is 368 g/mol. The Balaban J connectivity index is 2.30. The smallest absolute Gasteiger partial charge is 0.126 e. The average Bonchev–Trinajstić information content (AvgIpc) is 2.33. The number of aromatic hydroxyl groups is 1. The lowest BCUT2D eigenvalue weighted by atomic mass is 10.1. The third kappa shape index (κ3) is 3.37. The molecule has 0 aliphatic carbocycles. The van der Waals surface area contributed by atoms with Gasteiger partial charge in [0.15, 0.2) is 0 Å². The minimum Gasteiger partial charge on any atom is -0.507 e. The summed E-state index contributed by atoms with van der Waals surface area (Å²) < 4.78 is 13.8. The van der Waals surface area contributed by atoms with Gasteiger partial charge in [0.25, 0.3) is 0 Å². The number of phenolic OH excluding ortho intramolecular Hbond substituents is 1. The van der Waals surface area contributed by atoms with Crippen LogP contribution >= 0.6 is 39.1 Å². The highest BCUT2D eigenvalue weighted by molar-refractivity contribution is 9.10. The maximum Gasteiger partial charge on any atom is 0.126 e. The van der Waals surface area contributed by atoms with E-state index in [9.17, 15) is 9.50 Å². The van der Waals surface area contributed by atoms with E-state index in [1.165, 1.54) is 12.1 Å². The van der Waals surface area contributed by atoms with Gasteiger partial charge in [-0.3, -0.25) is 0 Å². The van der Waals surface area contributed by atoms with Crippen molar-refractivity contribution in [3.05, 3.63) is 56.2 Å². The van der Waals surface area contributed by atoms with Crippen molar-refractivity contribution in [1.82, 2.24) is 0 Å². The number of hydrogen-bond donors (Lipinski definition) is 2. The zero-order chi connectivity index (χ0) is 14.9. The minimum absolute atomic E-state index is 0.116. The van der Waals surface area contributed by atoms with E-state index in [1.54, 1.807) is 12.1 Å². The van der Waals surface area contributed by atoms with E-state index < -0.39 is 5.82 Å². The Morgan fingerprint density at radius 1 is 1.20 bits per heavy atom. The van der Waals surface area contributed by atoms with Crippen molar-refractivity contribution < 1.29 is 9.50 Å². The molecule has 0 bridgehead atoms. The van der Waals surface area contributed by atoms with Crippen LogP contribution in [0.25, 0.3) is 0 Å². The molecule has 0 aliphatic rings. The number of halogens is 4. The summed E-state index contributed by atoms with van der Waals surface area (Å²) in [6.45, 7) is 1.82. The van der Waals surface area contributed by atoms with Crippen LogP contribution in [0.4, 0.5) is 10.1 Å². The van der Waals surface area contributed by atoms with Crippen LogP contribution in [0.5, 0.6) is 5.75 Å². The van der Waals surface area contributed by atoms with Gasteiger partial charge in [0.2, 0.25) is 0 Å². The second kappa shape index (κ2) is 6.20. The van der Waals surface area contributed by atoms with E-state index in [1.807, 2.05) is 6.92 Å². The van der Waals surface area contributed by atoms with Crippen molar-refractivity contribution in [3.8, 4) is 5.75 Å². The molecule has 1 atom stereocenters. The third-order valence-electron chi connectivity index (χ3n) is 2.83. The summed E-state index contributed by atoms with van der Waals surface area (Å²) in [4.78, 5) is 0. The molecule has 106 valence electrons. The SMILES string of the molecule is CC(Nc1c(Cl)cc(Br)cc1Cl)c1ccc(F)cc1O. The molecule has 20 heavy (non-hydrogen) atoms. The normalized spacial score (nSPS) is 12.2. The van der Waals surface area contributed by atoms with Crippen LogP contribution in [0.1, 0.15) is 18.5 Å². The number of hydrogen-bond acceptors (Lipinski definition) is 2. The van der Waals surface area contributed by atoms with Gasteiger partial charge in [-0.05, 0) is 25.1 Å². The van der Waals surface area contributed by atoms with Crippen molar-refractivity contribution >= 4 is 44.8 Å². The molecule has 0 aromatic heterocycles. The van der Waals surface area contributed by atoms with Crippen molar-refractivity contribution in [3.63, 3.8) is 0 Å². The first kappa shape index (κ1) is 15.4. The van der Waals surface area contributed by atoms with Gasteiger partial charge < -0.3 is 10.4 Å². The topological polar surface area (TPSA) is 32.3 Å². The van der Waals surface area contributed by atoms with Crippen LogP contribution in [0, 0.1) is 5.82 Å². The van der Waals surface area contributed by atoms with E-state index >= 15 is 0 Å². The summed E-state index contributed by atoms with van der Waals surface area (Å²) in [5, 5.41) is 13.8. The van der Waals surface area contributed by atoms with E-state index in [-0.39, 0.29) is 11.8 Å². The summed E-state index contributed by atoms with van der Waals surface area (Å²) in [6.07, 6.45) is 0.